The van der Waals surface area contributed by atoms with Gasteiger partial charge >= 0.3 is 6.03 Å². The highest BCUT2D eigenvalue weighted by Crippen LogP contribution is 2.48. The largest absolute Gasteiger partial charge is 0.495 e. The Labute approximate surface area is 318 Å². The Morgan fingerprint density at radius 2 is 1.94 bits per heavy atom. The van der Waals surface area contributed by atoms with E-state index in [0.29, 0.717) is 57.5 Å². The fourth-order valence-electron chi connectivity index (χ4n) is 6.97. The smallest absolute Gasteiger partial charge is 0.318 e. The quantitative estimate of drug-likeness (QED) is 0.244. The average Bonchev–Trinajstić information content (AvgIpc) is 3.89. The zero-order valence-corrected chi connectivity index (χ0v) is 32.6. The molecule has 4 atom stereocenters. The molecule has 284 valence electrons. The molecule has 7 rings (SSSR count). The Morgan fingerprint density at radius 1 is 1.15 bits per heavy atom. The maximum absolute atomic E-state index is 14.2. The van der Waals surface area contributed by atoms with Gasteiger partial charge in [0.25, 0.3) is 5.91 Å². The van der Waals surface area contributed by atoms with Crippen LogP contribution in [0.1, 0.15) is 83.7 Å². The highest BCUT2D eigenvalue weighted by Gasteiger charge is 2.63. The maximum atomic E-state index is 14.2. The van der Waals surface area contributed by atoms with E-state index in [0.717, 1.165) is 31.4 Å². The van der Waals surface area contributed by atoms with Gasteiger partial charge in [0.05, 0.1) is 29.6 Å². The molecule has 0 radical (unpaired) electrons. The van der Waals surface area contributed by atoms with E-state index in [9.17, 15) is 22.8 Å². The molecule has 4 aliphatic rings. The minimum atomic E-state index is -3.95. The Hall–Kier alpha value is -3.95. The van der Waals surface area contributed by atoms with Crippen molar-refractivity contribution in [3.8, 4) is 22.2 Å². The number of amides is 4. The Kier molecular flexibility index (Phi) is 10.1. The fraction of sp³-hybridized carbons (Fsp3) is 0.541. The number of nitrogens with one attached hydrogen (secondary N) is 3. The van der Waals surface area contributed by atoms with Gasteiger partial charge in [-0.3, -0.25) is 14.3 Å². The molecule has 0 bridgehead atoms. The summed E-state index contributed by atoms with van der Waals surface area (Å²) < 4.78 is 39.6. The van der Waals surface area contributed by atoms with E-state index in [1.54, 1.807) is 25.1 Å². The van der Waals surface area contributed by atoms with Gasteiger partial charge in [0, 0.05) is 35.7 Å². The molecular formula is C37H45ClN6O7S2. The Morgan fingerprint density at radius 3 is 2.66 bits per heavy atom. The summed E-state index contributed by atoms with van der Waals surface area (Å²) in [6, 6.07) is 3.91. The number of allylic oxidation sites excluding steroid dienone is 1. The van der Waals surface area contributed by atoms with Crippen LogP contribution < -0.4 is 24.8 Å². The van der Waals surface area contributed by atoms with Crippen LogP contribution in [0, 0.1) is 5.92 Å². The number of fused-ring (bicyclic) bond motifs is 3. The molecule has 16 heteroatoms. The van der Waals surface area contributed by atoms with Crippen LogP contribution in [0.5, 0.6) is 11.5 Å². The van der Waals surface area contributed by atoms with Crippen molar-refractivity contribution in [2.45, 2.75) is 100 Å². The van der Waals surface area contributed by atoms with Gasteiger partial charge < -0.3 is 25.0 Å². The standard InChI is InChI=1S/C37H45ClN6O7S2/c1-21(2)26-20-52-33(41-26)25-17-29(24-11-12-28(50-4)30(38)31(24)40-25)51-23-16-27-32(45)42-37(34(46)43-53(48,49)36(3)13-14-36)18-22(37)10-8-6-5-7-9-15-39-35(47)44(27)19-23/h8,10-12,17,20-23,27H,5-7,9,13-16,18-19H2,1-4H3,(H,39,47)(H,42,45)(H,43,46)/t22?,23?,27-,37?/m0/s1. The molecule has 3 unspecified atom stereocenters. The molecule has 53 heavy (non-hydrogen) atoms. The van der Waals surface area contributed by atoms with Crippen LogP contribution >= 0.6 is 22.9 Å². The molecule has 4 heterocycles. The molecule has 3 aromatic rings. The van der Waals surface area contributed by atoms with Crippen LogP contribution in [0.4, 0.5) is 4.79 Å². The van der Waals surface area contributed by atoms with Crippen molar-refractivity contribution in [2.75, 3.05) is 20.2 Å². The van der Waals surface area contributed by atoms with Crippen molar-refractivity contribution in [1.82, 2.24) is 30.2 Å². The minimum Gasteiger partial charge on any atom is -0.495 e. The number of hydrogen-bond acceptors (Lipinski definition) is 10. The summed E-state index contributed by atoms with van der Waals surface area (Å²) in [5.41, 5.74) is 0.488. The second-order valence-electron chi connectivity index (χ2n) is 15.0. The lowest BCUT2D eigenvalue weighted by atomic mass is 10.1. The molecule has 13 nitrogen and oxygen atoms in total. The highest BCUT2D eigenvalue weighted by molar-refractivity contribution is 7.91. The van der Waals surface area contributed by atoms with Crippen LogP contribution in [0.15, 0.2) is 35.7 Å². The minimum absolute atomic E-state index is 0.0803. The number of sulfonamides is 1. The molecule has 3 fully saturated rings. The number of carbonyl (C=O) groups excluding carboxylic acids is 3. The zero-order valence-electron chi connectivity index (χ0n) is 30.2. The van der Waals surface area contributed by atoms with Crippen LogP contribution in [-0.2, 0) is 19.6 Å². The number of rotatable bonds is 8. The summed E-state index contributed by atoms with van der Waals surface area (Å²) in [5, 5.41) is 9.47. The summed E-state index contributed by atoms with van der Waals surface area (Å²) in [6.07, 6.45) is 7.83. The normalized spacial score (nSPS) is 25.8. The van der Waals surface area contributed by atoms with E-state index in [2.05, 4.69) is 29.2 Å². The lowest BCUT2D eigenvalue weighted by Gasteiger charge is -2.27. The molecule has 1 saturated heterocycles. The van der Waals surface area contributed by atoms with Gasteiger partial charge in [-0.25, -0.2) is 23.2 Å². The molecule has 4 amide bonds. The third-order valence-electron chi connectivity index (χ3n) is 10.8. The van der Waals surface area contributed by atoms with Gasteiger partial charge in [0.1, 0.15) is 44.9 Å². The van der Waals surface area contributed by atoms with Crippen molar-refractivity contribution < 1.29 is 32.3 Å². The van der Waals surface area contributed by atoms with Crippen molar-refractivity contribution in [2.24, 2.45) is 5.92 Å². The maximum Gasteiger partial charge on any atom is 0.318 e. The SMILES string of the molecule is COc1ccc2c(OC3C[C@H]4C(=O)NC5(C(=O)NS(=O)(=O)C6(C)CC6)CC5C=CCCCCCNC(=O)N4C3)cc(-c3nc(C(C)C)cs3)nc2c1Cl. The number of carbonyl (C=O) groups is 3. The van der Waals surface area contributed by atoms with Crippen molar-refractivity contribution >= 4 is 61.7 Å². The highest BCUT2D eigenvalue weighted by atomic mass is 35.5. The summed E-state index contributed by atoms with van der Waals surface area (Å²) >= 11 is 8.25. The number of methoxy groups -OCH3 is 1. The number of pyridine rings is 1. The second-order valence-corrected chi connectivity index (χ2v) is 18.5. The predicted molar refractivity (Wildman–Crippen MR) is 203 cm³/mol. The van der Waals surface area contributed by atoms with E-state index < -0.39 is 50.3 Å². The monoisotopic (exact) mass is 784 g/mol. The molecule has 0 spiro atoms. The van der Waals surface area contributed by atoms with Crippen LogP contribution in [0.3, 0.4) is 0 Å². The van der Waals surface area contributed by atoms with E-state index >= 15 is 0 Å². The summed E-state index contributed by atoms with van der Waals surface area (Å²) in [4.78, 5) is 52.7. The molecule has 2 saturated carbocycles. The first-order valence-corrected chi connectivity index (χ1v) is 20.9. The summed E-state index contributed by atoms with van der Waals surface area (Å²) in [6.45, 7) is 6.26. The topological polar surface area (TPSA) is 169 Å². The van der Waals surface area contributed by atoms with Gasteiger partial charge in [-0.1, -0.05) is 44.0 Å². The van der Waals surface area contributed by atoms with Gasteiger partial charge in [0.15, 0.2) is 0 Å². The van der Waals surface area contributed by atoms with E-state index in [1.807, 2.05) is 17.5 Å². The van der Waals surface area contributed by atoms with E-state index in [4.69, 9.17) is 31.0 Å². The van der Waals surface area contributed by atoms with Gasteiger partial charge in [-0.2, -0.15) is 0 Å². The van der Waals surface area contributed by atoms with Crippen molar-refractivity contribution in [1.29, 1.82) is 0 Å². The van der Waals surface area contributed by atoms with Crippen molar-refractivity contribution in [3.63, 3.8) is 0 Å². The first-order valence-electron chi connectivity index (χ1n) is 18.1. The number of aromatic nitrogens is 2. The molecular weight excluding hydrogens is 740 g/mol. The second kappa shape index (κ2) is 14.4. The number of nitrogens with zero attached hydrogens (tertiary/aromatic N) is 3. The van der Waals surface area contributed by atoms with Crippen LogP contribution in [-0.4, -0.2) is 83.8 Å². The lowest BCUT2D eigenvalue weighted by molar-refractivity contribution is -0.131. The Bertz CT molecular complexity index is 2080. The van der Waals surface area contributed by atoms with Gasteiger partial charge in [-0.05, 0) is 63.5 Å². The number of halogens is 1. The Balaban J connectivity index is 1.20. The van der Waals surface area contributed by atoms with Crippen molar-refractivity contribution in [3.05, 3.63) is 46.4 Å². The van der Waals surface area contributed by atoms with E-state index in [1.165, 1.54) is 23.3 Å². The first kappa shape index (κ1) is 37.4. The lowest BCUT2D eigenvalue weighted by Crippen LogP contribution is -2.57. The molecule has 3 N–H and O–H groups in total. The number of benzene rings is 1. The van der Waals surface area contributed by atoms with Gasteiger partial charge in [0.2, 0.25) is 15.9 Å². The summed E-state index contributed by atoms with van der Waals surface area (Å²) in [7, 11) is -2.42. The number of thiazole rings is 1. The number of ether oxygens (including phenoxy) is 2. The zero-order chi connectivity index (χ0) is 37.7. The summed E-state index contributed by atoms with van der Waals surface area (Å²) in [5.74, 6) is -0.585. The van der Waals surface area contributed by atoms with Crippen LogP contribution in [0.2, 0.25) is 5.02 Å². The number of urea groups is 1. The third kappa shape index (κ3) is 7.31. The molecule has 2 aromatic heterocycles. The van der Waals surface area contributed by atoms with E-state index in [-0.39, 0.29) is 31.2 Å². The molecule has 2 aliphatic heterocycles. The molecule has 1 aromatic carbocycles. The number of hydrogen-bond donors (Lipinski definition) is 3. The van der Waals surface area contributed by atoms with Crippen LogP contribution in [0.25, 0.3) is 21.6 Å². The fourth-order valence-corrected chi connectivity index (χ4v) is 9.50. The first-order chi connectivity index (χ1) is 25.2. The average molecular weight is 785 g/mol. The predicted octanol–water partition coefficient (Wildman–Crippen LogP) is 5.68. The molecule has 2 aliphatic carbocycles. The third-order valence-corrected chi connectivity index (χ3v) is 14.2. The van der Waals surface area contributed by atoms with Gasteiger partial charge in [-0.15, -0.1) is 11.3 Å².